The number of hydrogen-bond acceptors (Lipinski definition) is 6. The maximum Gasteiger partial charge on any atom is 0.346 e. The third-order valence-electron chi connectivity index (χ3n) is 2.27. The van der Waals surface area contributed by atoms with Crippen molar-refractivity contribution in [1.29, 1.82) is 0 Å². The number of ether oxygens (including phenoxy) is 2. The molecule has 0 aliphatic rings. The van der Waals surface area contributed by atoms with Gasteiger partial charge in [0.05, 0.1) is 12.2 Å². The highest BCUT2D eigenvalue weighted by atomic mass is 16.5. The lowest BCUT2D eigenvalue weighted by atomic mass is 10.1. The SMILES string of the molecule is CC(C)OC(=O)c1ccc(O)c(C(=O)OC(C)C)c1O. The van der Waals surface area contributed by atoms with E-state index >= 15 is 0 Å². The highest BCUT2D eigenvalue weighted by molar-refractivity contribution is 6.02. The molecule has 6 nitrogen and oxygen atoms in total. The fourth-order valence-corrected chi connectivity index (χ4v) is 1.50. The van der Waals surface area contributed by atoms with E-state index in [1.165, 1.54) is 6.07 Å². The molecule has 0 bridgehead atoms. The Balaban J connectivity index is 3.19. The van der Waals surface area contributed by atoms with Crippen LogP contribution < -0.4 is 0 Å². The first-order valence-electron chi connectivity index (χ1n) is 6.21. The van der Waals surface area contributed by atoms with E-state index in [-0.39, 0.29) is 11.7 Å². The lowest BCUT2D eigenvalue weighted by Crippen LogP contribution is -2.15. The summed E-state index contributed by atoms with van der Waals surface area (Å²) in [5.74, 6) is -2.80. The lowest BCUT2D eigenvalue weighted by molar-refractivity contribution is 0.0369. The predicted octanol–water partition coefficient (Wildman–Crippen LogP) is 2.23. The summed E-state index contributed by atoms with van der Waals surface area (Å²) in [5.41, 5.74) is -0.649. The van der Waals surface area contributed by atoms with E-state index in [0.717, 1.165) is 6.07 Å². The van der Waals surface area contributed by atoms with E-state index in [0.29, 0.717) is 0 Å². The van der Waals surface area contributed by atoms with Crippen molar-refractivity contribution in [1.82, 2.24) is 0 Å². The number of esters is 2. The number of rotatable bonds is 4. The Labute approximate surface area is 116 Å². The van der Waals surface area contributed by atoms with Gasteiger partial charge in [-0.25, -0.2) is 9.59 Å². The number of carbonyl (C=O) groups is 2. The van der Waals surface area contributed by atoms with Crippen LogP contribution in [-0.4, -0.2) is 34.4 Å². The Kier molecular flexibility index (Phi) is 4.96. The zero-order valence-electron chi connectivity index (χ0n) is 11.8. The van der Waals surface area contributed by atoms with Crippen molar-refractivity contribution < 1.29 is 29.3 Å². The van der Waals surface area contributed by atoms with Crippen LogP contribution in [-0.2, 0) is 9.47 Å². The molecule has 0 fully saturated rings. The van der Waals surface area contributed by atoms with Crippen LogP contribution in [0.3, 0.4) is 0 Å². The normalized spacial score (nSPS) is 10.7. The molecule has 0 saturated heterocycles. The third kappa shape index (κ3) is 3.63. The molecule has 0 aliphatic heterocycles. The molecule has 0 heterocycles. The average Bonchev–Trinajstić information content (AvgIpc) is 2.26. The summed E-state index contributed by atoms with van der Waals surface area (Å²) in [6.45, 7) is 6.57. The molecule has 1 rings (SSSR count). The molecule has 0 unspecified atom stereocenters. The van der Waals surface area contributed by atoms with Crippen molar-refractivity contribution in [3.63, 3.8) is 0 Å². The molecule has 6 heteroatoms. The van der Waals surface area contributed by atoms with Crippen LogP contribution in [0.5, 0.6) is 11.5 Å². The van der Waals surface area contributed by atoms with Crippen molar-refractivity contribution in [3.05, 3.63) is 23.3 Å². The average molecular weight is 282 g/mol. The van der Waals surface area contributed by atoms with Gasteiger partial charge in [0.25, 0.3) is 0 Å². The van der Waals surface area contributed by atoms with Gasteiger partial charge in [0, 0.05) is 0 Å². The molecular formula is C14H18O6. The maximum absolute atomic E-state index is 11.8. The molecule has 0 spiro atoms. The molecule has 1 aromatic rings. The van der Waals surface area contributed by atoms with Gasteiger partial charge in [-0.15, -0.1) is 0 Å². The van der Waals surface area contributed by atoms with Crippen LogP contribution >= 0.6 is 0 Å². The first-order chi connectivity index (χ1) is 9.23. The molecular weight excluding hydrogens is 264 g/mol. The van der Waals surface area contributed by atoms with E-state index in [2.05, 4.69) is 0 Å². The monoisotopic (exact) mass is 282 g/mol. The maximum atomic E-state index is 11.8. The molecule has 0 radical (unpaired) electrons. The fourth-order valence-electron chi connectivity index (χ4n) is 1.50. The first kappa shape index (κ1) is 15.8. The molecule has 1 aromatic carbocycles. The highest BCUT2D eigenvalue weighted by Crippen LogP contribution is 2.32. The van der Waals surface area contributed by atoms with Gasteiger partial charge in [-0.05, 0) is 39.8 Å². The van der Waals surface area contributed by atoms with Gasteiger partial charge in [0.2, 0.25) is 0 Å². The third-order valence-corrected chi connectivity index (χ3v) is 2.27. The van der Waals surface area contributed by atoms with Gasteiger partial charge >= 0.3 is 11.9 Å². The second-order valence-electron chi connectivity index (χ2n) is 4.76. The summed E-state index contributed by atoms with van der Waals surface area (Å²) in [7, 11) is 0. The number of hydrogen-bond donors (Lipinski definition) is 2. The van der Waals surface area contributed by atoms with E-state index in [1.54, 1.807) is 27.7 Å². The number of benzene rings is 1. The highest BCUT2D eigenvalue weighted by Gasteiger charge is 2.25. The summed E-state index contributed by atoms with van der Waals surface area (Å²) in [6.07, 6.45) is -0.797. The van der Waals surface area contributed by atoms with Gasteiger partial charge in [0.1, 0.15) is 22.6 Å². The Morgan fingerprint density at radius 1 is 0.950 bits per heavy atom. The summed E-state index contributed by atoms with van der Waals surface area (Å²) in [6, 6.07) is 2.31. The van der Waals surface area contributed by atoms with Crippen LogP contribution in [0.25, 0.3) is 0 Å². The molecule has 0 saturated carbocycles. The van der Waals surface area contributed by atoms with E-state index < -0.39 is 35.1 Å². The Bertz CT molecular complexity index is 519. The second kappa shape index (κ2) is 6.27. The number of phenolic OH excluding ortho intramolecular Hbond substituents is 2. The number of phenols is 2. The molecule has 110 valence electrons. The zero-order valence-corrected chi connectivity index (χ0v) is 11.8. The quantitative estimate of drug-likeness (QED) is 0.822. The minimum Gasteiger partial charge on any atom is -0.507 e. The topological polar surface area (TPSA) is 93.1 Å². The van der Waals surface area contributed by atoms with Crippen molar-refractivity contribution >= 4 is 11.9 Å². The summed E-state index contributed by atoms with van der Waals surface area (Å²) >= 11 is 0. The molecule has 20 heavy (non-hydrogen) atoms. The Morgan fingerprint density at radius 3 is 1.95 bits per heavy atom. The molecule has 0 aliphatic carbocycles. The van der Waals surface area contributed by atoms with Crippen LogP contribution in [0.2, 0.25) is 0 Å². The Morgan fingerprint density at radius 2 is 1.45 bits per heavy atom. The number of aromatic hydroxyl groups is 2. The lowest BCUT2D eigenvalue weighted by Gasteiger charge is -2.13. The van der Waals surface area contributed by atoms with Crippen molar-refractivity contribution in [2.24, 2.45) is 0 Å². The van der Waals surface area contributed by atoms with Crippen molar-refractivity contribution in [2.45, 2.75) is 39.9 Å². The van der Waals surface area contributed by atoms with Gasteiger partial charge in [0.15, 0.2) is 0 Å². The van der Waals surface area contributed by atoms with Crippen LogP contribution in [0.1, 0.15) is 48.4 Å². The van der Waals surface area contributed by atoms with Gasteiger partial charge in [-0.1, -0.05) is 0 Å². The summed E-state index contributed by atoms with van der Waals surface area (Å²) in [5, 5.41) is 19.6. The van der Waals surface area contributed by atoms with Gasteiger partial charge in [-0.3, -0.25) is 0 Å². The standard InChI is InChI=1S/C14H18O6/c1-7(2)19-13(17)9-5-6-10(15)11(12(9)16)14(18)20-8(3)4/h5-8,15-16H,1-4H3. The van der Waals surface area contributed by atoms with Gasteiger partial charge < -0.3 is 19.7 Å². The van der Waals surface area contributed by atoms with Crippen LogP contribution in [0.4, 0.5) is 0 Å². The zero-order chi connectivity index (χ0) is 15.4. The molecule has 0 atom stereocenters. The molecule has 0 amide bonds. The molecule has 0 aromatic heterocycles. The minimum absolute atomic E-state index is 0.202. The summed E-state index contributed by atoms with van der Waals surface area (Å²) in [4.78, 5) is 23.6. The van der Waals surface area contributed by atoms with Crippen molar-refractivity contribution in [2.75, 3.05) is 0 Å². The van der Waals surface area contributed by atoms with Crippen LogP contribution in [0.15, 0.2) is 12.1 Å². The second-order valence-corrected chi connectivity index (χ2v) is 4.76. The Hall–Kier alpha value is -2.24. The van der Waals surface area contributed by atoms with Crippen LogP contribution in [0, 0.1) is 0 Å². The van der Waals surface area contributed by atoms with E-state index in [4.69, 9.17) is 9.47 Å². The van der Waals surface area contributed by atoms with E-state index in [9.17, 15) is 19.8 Å². The fraction of sp³-hybridized carbons (Fsp3) is 0.429. The smallest absolute Gasteiger partial charge is 0.346 e. The first-order valence-corrected chi connectivity index (χ1v) is 6.21. The van der Waals surface area contributed by atoms with Crippen molar-refractivity contribution in [3.8, 4) is 11.5 Å². The molecule has 2 N–H and O–H groups in total. The summed E-state index contributed by atoms with van der Waals surface area (Å²) < 4.78 is 9.84. The minimum atomic E-state index is -0.908. The number of carbonyl (C=O) groups excluding carboxylic acids is 2. The van der Waals surface area contributed by atoms with E-state index in [1.807, 2.05) is 0 Å². The van der Waals surface area contributed by atoms with Gasteiger partial charge in [-0.2, -0.15) is 0 Å². The largest absolute Gasteiger partial charge is 0.507 e. The predicted molar refractivity (Wildman–Crippen MR) is 70.9 cm³/mol.